The molecule has 1 aromatic heterocycles. The van der Waals surface area contributed by atoms with Crippen molar-refractivity contribution in [3.05, 3.63) is 58.5 Å². The fraction of sp³-hybridized carbons (Fsp3) is 0.333. The molecule has 0 aliphatic rings. The Kier molecular flexibility index (Phi) is 9.14. The summed E-state index contributed by atoms with van der Waals surface area (Å²) in [5.41, 5.74) is 3.97. The molecule has 1 N–H and O–H groups in total. The van der Waals surface area contributed by atoms with Gasteiger partial charge in [0.15, 0.2) is 11.5 Å². The minimum absolute atomic E-state index is 0.194. The molecule has 8 heteroatoms. The van der Waals surface area contributed by atoms with Crippen molar-refractivity contribution in [1.82, 2.24) is 0 Å². The Morgan fingerprint density at radius 2 is 1.71 bits per heavy atom. The van der Waals surface area contributed by atoms with Crippen molar-refractivity contribution < 1.29 is 28.5 Å². The second-order valence-corrected chi connectivity index (χ2v) is 8.79. The molecule has 0 bridgehead atoms. The van der Waals surface area contributed by atoms with Crippen LogP contribution >= 0.6 is 11.3 Å². The van der Waals surface area contributed by atoms with Crippen molar-refractivity contribution in [2.24, 2.45) is 0 Å². The molecule has 7 nitrogen and oxygen atoms in total. The fourth-order valence-electron chi connectivity index (χ4n) is 3.64. The minimum Gasteiger partial charge on any atom is -0.493 e. The Morgan fingerprint density at radius 3 is 2.40 bits per heavy atom. The van der Waals surface area contributed by atoms with E-state index in [1.165, 1.54) is 16.9 Å². The highest BCUT2D eigenvalue weighted by Gasteiger charge is 2.23. The van der Waals surface area contributed by atoms with Crippen LogP contribution in [0.2, 0.25) is 0 Å². The van der Waals surface area contributed by atoms with Crippen LogP contribution in [0.1, 0.15) is 41.3 Å². The van der Waals surface area contributed by atoms with E-state index in [-0.39, 0.29) is 18.9 Å². The van der Waals surface area contributed by atoms with Crippen LogP contribution in [0.15, 0.2) is 41.8 Å². The van der Waals surface area contributed by atoms with Crippen LogP contribution in [0.3, 0.4) is 0 Å². The van der Waals surface area contributed by atoms with E-state index in [4.69, 9.17) is 18.9 Å². The second kappa shape index (κ2) is 12.3. The smallest absolute Gasteiger partial charge is 0.341 e. The Balaban J connectivity index is 1.71. The largest absolute Gasteiger partial charge is 0.493 e. The van der Waals surface area contributed by atoms with Crippen molar-refractivity contribution in [3.8, 4) is 28.4 Å². The number of amides is 1. The average Bonchev–Trinajstić information content (AvgIpc) is 3.26. The number of carbonyl (C=O) groups is 2. The first-order valence-electron chi connectivity index (χ1n) is 11.4. The number of ether oxygens (including phenoxy) is 4. The van der Waals surface area contributed by atoms with Gasteiger partial charge < -0.3 is 24.3 Å². The zero-order valence-corrected chi connectivity index (χ0v) is 21.5. The molecule has 0 fully saturated rings. The number of anilines is 1. The lowest BCUT2D eigenvalue weighted by atomic mass is 10.0. The van der Waals surface area contributed by atoms with Gasteiger partial charge in [-0.3, -0.25) is 4.79 Å². The number of methoxy groups -OCH3 is 2. The van der Waals surface area contributed by atoms with E-state index in [9.17, 15) is 9.59 Å². The van der Waals surface area contributed by atoms with Crippen LogP contribution in [0.25, 0.3) is 11.1 Å². The van der Waals surface area contributed by atoms with Gasteiger partial charge in [-0.1, -0.05) is 23.8 Å². The van der Waals surface area contributed by atoms with Gasteiger partial charge in [-0.2, -0.15) is 0 Å². The average molecular weight is 498 g/mol. The van der Waals surface area contributed by atoms with E-state index < -0.39 is 5.97 Å². The van der Waals surface area contributed by atoms with Gasteiger partial charge in [0.25, 0.3) is 0 Å². The fourth-order valence-corrected chi connectivity index (χ4v) is 4.61. The van der Waals surface area contributed by atoms with Gasteiger partial charge in [0.2, 0.25) is 5.91 Å². The highest BCUT2D eigenvalue weighted by molar-refractivity contribution is 7.15. The number of hydrogen-bond donors (Lipinski definition) is 1. The molecular weight excluding hydrogens is 466 g/mol. The zero-order chi connectivity index (χ0) is 25.4. The third kappa shape index (κ3) is 6.54. The van der Waals surface area contributed by atoms with Crippen molar-refractivity contribution in [3.63, 3.8) is 0 Å². The normalized spacial score (nSPS) is 10.5. The Labute approximate surface area is 210 Å². The molecule has 186 valence electrons. The molecule has 0 saturated heterocycles. The van der Waals surface area contributed by atoms with Gasteiger partial charge in [-0.05, 0) is 56.5 Å². The first-order valence-corrected chi connectivity index (χ1v) is 12.3. The first-order chi connectivity index (χ1) is 16.9. The third-order valence-electron chi connectivity index (χ3n) is 5.35. The standard InChI is InChI=1S/C27H31NO6S/c1-6-33-27(30)25-20(19-10-12-22(31-4)23(15-19)32-5)16-35-26(25)28-24(29)8-7-13-34-21-11-9-17(2)14-18(21)3/h9-12,14-16H,6-8,13H2,1-5H3,(H,28,29). The lowest BCUT2D eigenvalue weighted by molar-refractivity contribution is -0.116. The molecule has 0 atom stereocenters. The quantitative estimate of drug-likeness (QED) is 0.258. The summed E-state index contributed by atoms with van der Waals surface area (Å²) >= 11 is 1.28. The van der Waals surface area contributed by atoms with Crippen LogP contribution < -0.4 is 19.5 Å². The molecule has 0 spiro atoms. The SMILES string of the molecule is CCOC(=O)c1c(-c2ccc(OC)c(OC)c2)csc1NC(=O)CCCOc1ccc(C)cc1C. The predicted molar refractivity (Wildman–Crippen MR) is 138 cm³/mol. The number of thiophene rings is 1. The number of esters is 1. The number of hydrogen-bond acceptors (Lipinski definition) is 7. The lowest BCUT2D eigenvalue weighted by Crippen LogP contribution is -2.15. The van der Waals surface area contributed by atoms with Crippen LogP contribution in [0.4, 0.5) is 5.00 Å². The maximum absolute atomic E-state index is 12.8. The van der Waals surface area contributed by atoms with Crippen molar-refractivity contribution in [2.75, 3.05) is 32.8 Å². The predicted octanol–water partition coefficient (Wildman–Crippen LogP) is 6.02. The maximum atomic E-state index is 12.8. The number of aryl methyl sites for hydroxylation is 2. The molecule has 0 aliphatic carbocycles. The van der Waals surface area contributed by atoms with Gasteiger partial charge >= 0.3 is 5.97 Å². The molecule has 3 rings (SSSR count). The molecule has 3 aromatic rings. The monoisotopic (exact) mass is 497 g/mol. The van der Waals surface area contributed by atoms with E-state index in [0.717, 1.165) is 16.9 Å². The van der Waals surface area contributed by atoms with E-state index in [2.05, 4.69) is 11.4 Å². The highest BCUT2D eigenvalue weighted by Crippen LogP contribution is 2.39. The Morgan fingerprint density at radius 1 is 0.971 bits per heavy atom. The van der Waals surface area contributed by atoms with Crippen molar-refractivity contribution >= 4 is 28.2 Å². The Bertz CT molecular complexity index is 1190. The van der Waals surface area contributed by atoms with Crippen molar-refractivity contribution in [2.45, 2.75) is 33.6 Å². The van der Waals surface area contributed by atoms with E-state index in [1.54, 1.807) is 33.3 Å². The van der Waals surface area contributed by atoms with Gasteiger partial charge in [-0.25, -0.2) is 4.79 Å². The molecule has 2 aromatic carbocycles. The van der Waals surface area contributed by atoms with Gasteiger partial charge in [0.1, 0.15) is 16.3 Å². The van der Waals surface area contributed by atoms with Gasteiger partial charge in [0.05, 0.1) is 27.4 Å². The Hall–Kier alpha value is -3.52. The summed E-state index contributed by atoms with van der Waals surface area (Å²) in [6, 6.07) is 11.4. The number of nitrogens with one attached hydrogen (secondary N) is 1. The summed E-state index contributed by atoms with van der Waals surface area (Å²) in [4.78, 5) is 25.5. The highest BCUT2D eigenvalue weighted by atomic mass is 32.1. The molecule has 35 heavy (non-hydrogen) atoms. The topological polar surface area (TPSA) is 83.1 Å². The number of carbonyl (C=O) groups excluding carboxylic acids is 2. The molecular formula is C27H31NO6S. The van der Waals surface area contributed by atoms with Crippen LogP contribution in [-0.4, -0.2) is 39.3 Å². The summed E-state index contributed by atoms with van der Waals surface area (Å²) < 4.78 is 21.8. The van der Waals surface area contributed by atoms with Gasteiger partial charge in [0, 0.05) is 17.4 Å². The summed E-state index contributed by atoms with van der Waals surface area (Å²) in [5, 5.41) is 5.15. The number of benzene rings is 2. The van der Waals surface area contributed by atoms with E-state index >= 15 is 0 Å². The summed E-state index contributed by atoms with van der Waals surface area (Å²) in [5.74, 6) is 1.26. The number of rotatable bonds is 11. The van der Waals surface area contributed by atoms with Crippen LogP contribution in [0.5, 0.6) is 17.2 Å². The van der Waals surface area contributed by atoms with Crippen molar-refractivity contribution in [1.29, 1.82) is 0 Å². The molecule has 0 aliphatic heterocycles. The van der Waals surface area contributed by atoms with E-state index in [1.807, 2.05) is 37.4 Å². The van der Waals surface area contributed by atoms with E-state index in [0.29, 0.717) is 40.7 Å². The summed E-state index contributed by atoms with van der Waals surface area (Å²) in [6.45, 7) is 6.42. The van der Waals surface area contributed by atoms with Crippen LogP contribution in [-0.2, 0) is 9.53 Å². The lowest BCUT2D eigenvalue weighted by Gasteiger charge is -2.12. The summed E-state index contributed by atoms with van der Waals surface area (Å²) in [6.07, 6.45) is 0.804. The summed E-state index contributed by atoms with van der Waals surface area (Å²) in [7, 11) is 3.11. The van der Waals surface area contributed by atoms with Crippen LogP contribution in [0, 0.1) is 13.8 Å². The molecule has 0 unspecified atom stereocenters. The van der Waals surface area contributed by atoms with Gasteiger partial charge in [-0.15, -0.1) is 11.3 Å². The molecule has 1 amide bonds. The zero-order valence-electron chi connectivity index (χ0n) is 20.7. The molecule has 0 radical (unpaired) electrons. The molecule has 1 heterocycles. The molecule has 0 saturated carbocycles. The second-order valence-electron chi connectivity index (χ2n) is 7.91. The first kappa shape index (κ1) is 26.1. The maximum Gasteiger partial charge on any atom is 0.341 e. The third-order valence-corrected chi connectivity index (χ3v) is 6.25. The minimum atomic E-state index is -0.494.